The smallest absolute Gasteiger partial charge is 0.211 e. The number of hydrogen-bond donors (Lipinski definition) is 1. The SMILES string of the molecule is CS(=O)(=O)N1CCCC(/C=C2\CCCNC2)C1. The fourth-order valence-corrected chi connectivity index (χ4v) is 3.59. The lowest BCUT2D eigenvalue weighted by atomic mass is 9.94. The minimum absolute atomic E-state index is 0.411. The summed E-state index contributed by atoms with van der Waals surface area (Å²) in [5.74, 6) is 0.411. The van der Waals surface area contributed by atoms with Crippen LogP contribution in [0.15, 0.2) is 11.6 Å². The number of nitrogens with zero attached hydrogens (tertiary/aromatic N) is 1. The van der Waals surface area contributed by atoms with Crippen LogP contribution in [0.4, 0.5) is 0 Å². The molecule has 0 aromatic rings. The molecule has 2 rings (SSSR count). The Morgan fingerprint density at radius 1 is 1.41 bits per heavy atom. The van der Waals surface area contributed by atoms with E-state index in [0.717, 1.165) is 25.9 Å². The van der Waals surface area contributed by atoms with E-state index in [9.17, 15) is 8.42 Å². The molecule has 0 aromatic carbocycles. The van der Waals surface area contributed by atoms with E-state index in [-0.39, 0.29) is 0 Å². The molecular formula is C12H22N2O2S. The maximum absolute atomic E-state index is 11.5. The highest BCUT2D eigenvalue weighted by molar-refractivity contribution is 7.88. The van der Waals surface area contributed by atoms with Gasteiger partial charge in [0.1, 0.15) is 0 Å². The summed E-state index contributed by atoms with van der Waals surface area (Å²) in [6.07, 6.45) is 8.09. The van der Waals surface area contributed by atoms with Crippen molar-refractivity contribution in [2.75, 3.05) is 32.4 Å². The highest BCUT2D eigenvalue weighted by Gasteiger charge is 2.24. The number of sulfonamides is 1. The fraction of sp³-hybridized carbons (Fsp3) is 0.833. The number of nitrogens with one attached hydrogen (secondary N) is 1. The molecule has 0 aromatic heterocycles. The predicted octanol–water partition coefficient (Wildman–Crippen LogP) is 0.968. The van der Waals surface area contributed by atoms with E-state index in [1.54, 1.807) is 4.31 Å². The lowest BCUT2D eigenvalue weighted by Gasteiger charge is -2.30. The largest absolute Gasteiger partial charge is 0.313 e. The molecule has 2 saturated heterocycles. The molecule has 4 nitrogen and oxygen atoms in total. The second-order valence-electron chi connectivity index (χ2n) is 5.13. The number of hydrogen-bond acceptors (Lipinski definition) is 3. The van der Waals surface area contributed by atoms with Crippen molar-refractivity contribution in [2.45, 2.75) is 25.7 Å². The summed E-state index contributed by atoms with van der Waals surface area (Å²) in [7, 11) is -3.01. The van der Waals surface area contributed by atoms with Crippen LogP contribution in [0.5, 0.6) is 0 Å². The van der Waals surface area contributed by atoms with E-state index >= 15 is 0 Å². The van der Waals surface area contributed by atoms with E-state index < -0.39 is 10.0 Å². The normalized spacial score (nSPS) is 30.6. The Morgan fingerprint density at radius 2 is 2.24 bits per heavy atom. The first-order valence-electron chi connectivity index (χ1n) is 6.41. The van der Waals surface area contributed by atoms with Crippen molar-refractivity contribution in [3.05, 3.63) is 11.6 Å². The monoisotopic (exact) mass is 258 g/mol. The van der Waals surface area contributed by atoms with Crippen LogP contribution in [0.25, 0.3) is 0 Å². The zero-order chi connectivity index (χ0) is 12.3. The third-order valence-corrected chi connectivity index (χ3v) is 4.83. The van der Waals surface area contributed by atoms with Gasteiger partial charge in [0, 0.05) is 19.6 Å². The van der Waals surface area contributed by atoms with Gasteiger partial charge in [0.15, 0.2) is 0 Å². The van der Waals surface area contributed by atoms with Crippen LogP contribution in [0.1, 0.15) is 25.7 Å². The standard InChI is InChI=1S/C12H22N2O2S/c1-17(15,16)14-7-3-5-12(10-14)8-11-4-2-6-13-9-11/h8,12-13H,2-7,9-10H2,1H3/b11-8+. The molecule has 17 heavy (non-hydrogen) atoms. The lowest BCUT2D eigenvalue weighted by molar-refractivity contribution is 0.301. The zero-order valence-corrected chi connectivity index (χ0v) is 11.3. The minimum atomic E-state index is -3.01. The van der Waals surface area contributed by atoms with E-state index in [0.29, 0.717) is 19.0 Å². The van der Waals surface area contributed by atoms with Crippen molar-refractivity contribution in [3.63, 3.8) is 0 Å². The van der Waals surface area contributed by atoms with Crippen LogP contribution >= 0.6 is 0 Å². The Hall–Kier alpha value is -0.390. The molecule has 0 bridgehead atoms. The second kappa shape index (κ2) is 5.50. The van der Waals surface area contributed by atoms with Crippen LogP contribution in [0.3, 0.4) is 0 Å². The summed E-state index contributed by atoms with van der Waals surface area (Å²) in [5.41, 5.74) is 1.46. The van der Waals surface area contributed by atoms with Gasteiger partial charge in [-0.25, -0.2) is 12.7 Å². The van der Waals surface area contributed by atoms with Gasteiger partial charge in [0.05, 0.1) is 6.26 Å². The lowest BCUT2D eigenvalue weighted by Crippen LogP contribution is -2.39. The summed E-state index contributed by atoms with van der Waals surface area (Å²) in [5, 5.41) is 3.37. The van der Waals surface area contributed by atoms with Crippen LogP contribution in [0, 0.1) is 5.92 Å². The summed E-state index contributed by atoms with van der Waals surface area (Å²) in [4.78, 5) is 0. The molecule has 2 aliphatic heterocycles. The maximum Gasteiger partial charge on any atom is 0.211 e. The fourth-order valence-electron chi connectivity index (χ4n) is 2.66. The number of piperidine rings is 2. The molecule has 0 radical (unpaired) electrons. The first-order valence-corrected chi connectivity index (χ1v) is 8.26. The second-order valence-corrected chi connectivity index (χ2v) is 7.11. The van der Waals surface area contributed by atoms with Crippen molar-refractivity contribution in [2.24, 2.45) is 5.92 Å². The van der Waals surface area contributed by atoms with Gasteiger partial charge in [-0.2, -0.15) is 0 Å². The molecule has 1 atom stereocenters. The highest BCUT2D eigenvalue weighted by Crippen LogP contribution is 2.22. The molecule has 0 spiro atoms. The average Bonchev–Trinajstić information content (AvgIpc) is 2.29. The van der Waals surface area contributed by atoms with E-state index in [1.165, 1.54) is 24.7 Å². The average molecular weight is 258 g/mol. The summed E-state index contributed by atoms with van der Waals surface area (Å²) < 4.78 is 24.7. The number of rotatable bonds is 2. The summed E-state index contributed by atoms with van der Waals surface area (Å²) >= 11 is 0. The molecule has 2 fully saturated rings. The first kappa shape index (κ1) is 13.1. The van der Waals surface area contributed by atoms with Gasteiger partial charge in [-0.3, -0.25) is 0 Å². The van der Waals surface area contributed by atoms with Crippen molar-refractivity contribution in [1.82, 2.24) is 9.62 Å². The Bertz CT molecular complexity index is 381. The van der Waals surface area contributed by atoms with Gasteiger partial charge in [0.2, 0.25) is 10.0 Å². The van der Waals surface area contributed by atoms with Crippen molar-refractivity contribution < 1.29 is 8.42 Å². The van der Waals surface area contributed by atoms with E-state index in [4.69, 9.17) is 0 Å². The molecule has 2 aliphatic rings. The first-order chi connectivity index (χ1) is 8.05. The van der Waals surface area contributed by atoms with Gasteiger partial charge in [-0.1, -0.05) is 11.6 Å². The molecule has 0 amide bonds. The van der Waals surface area contributed by atoms with E-state index in [2.05, 4.69) is 11.4 Å². The van der Waals surface area contributed by atoms with Gasteiger partial charge >= 0.3 is 0 Å². The molecule has 0 aliphatic carbocycles. The highest BCUT2D eigenvalue weighted by atomic mass is 32.2. The minimum Gasteiger partial charge on any atom is -0.313 e. The molecule has 1 unspecified atom stereocenters. The Morgan fingerprint density at radius 3 is 2.88 bits per heavy atom. The quantitative estimate of drug-likeness (QED) is 0.751. The summed E-state index contributed by atoms with van der Waals surface area (Å²) in [6, 6.07) is 0. The van der Waals surface area contributed by atoms with Crippen LogP contribution in [-0.2, 0) is 10.0 Å². The van der Waals surface area contributed by atoms with Gasteiger partial charge in [0.25, 0.3) is 0 Å². The van der Waals surface area contributed by atoms with Gasteiger partial charge in [-0.15, -0.1) is 0 Å². The molecule has 1 N–H and O–H groups in total. The molecule has 5 heteroatoms. The third-order valence-electron chi connectivity index (χ3n) is 3.56. The topological polar surface area (TPSA) is 49.4 Å². The molecular weight excluding hydrogens is 236 g/mol. The predicted molar refractivity (Wildman–Crippen MR) is 69.3 cm³/mol. The van der Waals surface area contributed by atoms with Crippen LogP contribution < -0.4 is 5.32 Å². The zero-order valence-electron chi connectivity index (χ0n) is 10.5. The third kappa shape index (κ3) is 3.79. The molecule has 2 heterocycles. The van der Waals surface area contributed by atoms with Crippen molar-refractivity contribution in [1.29, 1.82) is 0 Å². The van der Waals surface area contributed by atoms with Crippen molar-refractivity contribution in [3.8, 4) is 0 Å². The van der Waals surface area contributed by atoms with Gasteiger partial charge in [-0.05, 0) is 38.1 Å². The Balaban J connectivity index is 1.97. The van der Waals surface area contributed by atoms with E-state index in [1.807, 2.05) is 0 Å². The van der Waals surface area contributed by atoms with Crippen LogP contribution in [0.2, 0.25) is 0 Å². The Kier molecular flexibility index (Phi) is 4.22. The molecule has 98 valence electrons. The molecule has 0 saturated carbocycles. The Labute approximate surface area is 104 Å². The van der Waals surface area contributed by atoms with Crippen molar-refractivity contribution >= 4 is 10.0 Å². The van der Waals surface area contributed by atoms with Crippen LogP contribution in [-0.4, -0.2) is 45.2 Å². The summed E-state index contributed by atoms with van der Waals surface area (Å²) in [6.45, 7) is 3.45. The van der Waals surface area contributed by atoms with Gasteiger partial charge < -0.3 is 5.32 Å². The maximum atomic E-state index is 11.5.